The van der Waals surface area contributed by atoms with E-state index in [0.29, 0.717) is 16.8 Å². The fraction of sp³-hybridized carbons (Fsp3) is 0.0714. The van der Waals surface area contributed by atoms with Crippen molar-refractivity contribution in [3.63, 3.8) is 0 Å². The van der Waals surface area contributed by atoms with Gasteiger partial charge in [0.2, 0.25) is 0 Å². The van der Waals surface area contributed by atoms with Crippen LogP contribution in [0.15, 0.2) is 39.3 Å². The topological polar surface area (TPSA) is 29.1 Å². The SMILES string of the molecule is Cc1cc(F)c(Br)cc1NC(=O)c1ccc(F)c(Br)c1. The highest BCUT2D eigenvalue weighted by molar-refractivity contribution is 9.10. The van der Waals surface area contributed by atoms with Crippen molar-refractivity contribution in [2.24, 2.45) is 0 Å². The second-order valence-electron chi connectivity index (χ2n) is 4.16. The van der Waals surface area contributed by atoms with Gasteiger partial charge in [-0.2, -0.15) is 0 Å². The molecular formula is C14H9Br2F2NO. The summed E-state index contributed by atoms with van der Waals surface area (Å²) in [4.78, 5) is 12.1. The molecule has 2 rings (SSSR count). The number of halogens is 4. The van der Waals surface area contributed by atoms with Gasteiger partial charge in [-0.15, -0.1) is 0 Å². The molecule has 0 fully saturated rings. The Bertz CT molecular complexity index is 689. The number of amides is 1. The molecular weight excluding hydrogens is 396 g/mol. The maximum absolute atomic E-state index is 13.3. The summed E-state index contributed by atoms with van der Waals surface area (Å²) in [6.45, 7) is 1.69. The number of carbonyl (C=O) groups excluding carboxylic acids is 1. The predicted octanol–water partition coefficient (Wildman–Crippen LogP) is 5.05. The highest BCUT2D eigenvalue weighted by atomic mass is 79.9. The zero-order valence-electron chi connectivity index (χ0n) is 10.3. The van der Waals surface area contributed by atoms with E-state index in [2.05, 4.69) is 37.2 Å². The molecule has 0 unspecified atom stereocenters. The number of hydrogen-bond acceptors (Lipinski definition) is 1. The smallest absolute Gasteiger partial charge is 0.255 e. The summed E-state index contributed by atoms with van der Waals surface area (Å²) in [6, 6.07) is 6.77. The van der Waals surface area contributed by atoms with Gasteiger partial charge < -0.3 is 5.32 Å². The average molecular weight is 405 g/mol. The molecule has 1 N–H and O–H groups in total. The van der Waals surface area contributed by atoms with Crippen molar-refractivity contribution in [1.82, 2.24) is 0 Å². The second kappa shape index (κ2) is 6.01. The lowest BCUT2D eigenvalue weighted by molar-refractivity contribution is 0.102. The van der Waals surface area contributed by atoms with Crippen LogP contribution in [0.1, 0.15) is 15.9 Å². The Morgan fingerprint density at radius 1 is 1.05 bits per heavy atom. The molecule has 0 radical (unpaired) electrons. The van der Waals surface area contributed by atoms with Crippen molar-refractivity contribution in [2.75, 3.05) is 5.32 Å². The molecule has 2 nitrogen and oxygen atoms in total. The minimum absolute atomic E-state index is 0.210. The number of anilines is 1. The Balaban J connectivity index is 2.27. The first-order chi connectivity index (χ1) is 9.38. The lowest BCUT2D eigenvalue weighted by Gasteiger charge is -2.10. The largest absolute Gasteiger partial charge is 0.322 e. The van der Waals surface area contributed by atoms with Crippen LogP contribution in [0.25, 0.3) is 0 Å². The molecule has 2 aromatic carbocycles. The van der Waals surface area contributed by atoms with Gasteiger partial charge in [0.25, 0.3) is 5.91 Å². The van der Waals surface area contributed by atoms with Crippen LogP contribution >= 0.6 is 31.9 Å². The zero-order chi connectivity index (χ0) is 14.9. The van der Waals surface area contributed by atoms with Gasteiger partial charge in [0, 0.05) is 11.3 Å². The van der Waals surface area contributed by atoms with Gasteiger partial charge in [0.1, 0.15) is 11.6 Å². The van der Waals surface area contributed by atoms with Gasteiger partial charge in [-0.05, 0) is 74.7 Å². The summed E-state index contributed by atoms with van der Waals surface area (Å²) in [6.07, 6.45) is 0. The van der Waals surface area contributed by atoms with Gasteiger partial charge in [-0.1, -0.05) is 0 Å². The van der Waals surface area contributed by atoms with Crippen LogP contribution in [0.5, 0.6) is 0 Å². The normalized spacial score (nSPS) is 10.4. The van der Waals surface area contributed by atoms with Crippen molar-refractivity contribution < 1.29 is 13.6 Å². The van der Waals surface area contributed by atoms with Crippen LogP contribution in [0.4, 0.5) is 14.5 Å². The van der Waals surface area contributed by atoms with Crippen molar-refractivity contribution in [3.8, 4) is 0 Å². The molecule has 0 aliphatic rings. The van der Waals surface area contributed by atoms with Crippen LogP contribution in [-0.2, 0) is 0 Å². The monoisotopic (exact) mass is 403 g/mol. The third-order valence-corrected chi connectivity index (χ3v) is 3.91. The van der Waals surface area contributed by atoms with Crippen LogP contribution in [0, 0.1) is 18.6 Å². The molecule has 104 valence electrons. The Labute approximate surface area is 131 Å². The number of aryl methyl sites for hydroxylation is 1. The van der Waals surface area contributed by atoms with Crippen LogP contribution in [-0.4, -0.2) is 5.91 Å². The molecule has 0 bridgehead atoms. The van der Waals surface area contributed by atoms with E-state index in [4.69, 9.17) is 0 Å². The van der Waals surface area contributed by atoms with Crippen LogP contribution in [0.2, 0.25) is 0 Å². The van der Waals surface area contributed by atoms with Crippen LogP contribution in [0.3, 0.4) is 0 Å². The molecule has 0 atom stereocenters. The third-order valence-electron chi connectivity index (χ3n) is 2.70. The summed E-state index contributed by atoms with van der Waals surface area (Å²) in [5.74, 6) is -1.24. The number of carbonyl (C=O) groups is 1. The molecule has 0 aliphatic heterocycles. The number of hydrogen-bond donors (Lipinski definition) is 1. The summed E-state index contributed by atoms with van der Waals surface area (Å²) < 4.78 is 26.9. The fourth-order valence-electron chi connectivity index (χ4n) is 1.61. The molecule has 0 heterocycles. The first-order valence-electron chi connectivity index (χ1n) is 5.60. The maximum atomic E-state index is 13.3. The Morgan fingerprint density at radius 2 is 1.70 bits per heavy atom. The zero-order valence-corrected chi connectivity index (χ0v) is 13.5. The number of nitrogens with one attached hydrogen (secondary N) is 1. The van der Waals surface area contributed by atoms with Gasteiger partial charge in [0.05, 0.1) is 8.95 Å². The molecule has 0 saturated carbocycles. The summed E-state index contributed by atoms with van der Waals surface area (Å²) >= 11 is 6.09. The molecule has 6 heteroatoms. The van der Waals surface area contributed by atoms with Gasteiger partial charge >= 0.3 is 0 Å². The van der Waals surface area contributed by atoms with E-state index < -0.39 is 17.5 Å². The van der Waals surface area contributed by atoms with E-state index in [9.17, 15) is 13.6 Å². The molecule has 0 aromatic heterocycles. The summed E-state index contributed by atoms with van der Waals surface area (Å²) in [5.41, 5.74) is 1.39. The van der Waals surface area contributed by atoms with E-state index in [-0.39, 0.29) is 8.95 Å². The van der Waals surface area contributed by atoms with Crippen molar-refractivity contribution in [2.45, 2.75) is 6.92 Å². The first kappa shape index (κ1) is 15.1. The van der Waals surface area contributed by atoms with Gasteiger partial charge in [-0.3, -0.25) is 4.79 Å². The summed E-state index contributed by atoms with van der Waals surface area (Å²) in [7, 11) is 0. The Hall–Kier alpha value is -1.27. The number of benzene rings is 2. The molecule has 20 heavy (non-hydrogen) atoms. The fourth-order valence-corrected chi connectivity index (χ4v) is 2.33. The third kappa shape index (κ3) is 3.24. The quantitative estimate of drug-likeness (QED) is 0.745. The minimum Gasteiger partial charge on any atom is -0.322 e. The highest BCUT2D eigenvalue weighted by Crippen LogP contribution is 2.25. The Kier molecular flexibility index (Phi) is 4.55. The van der Waals surface area contributed by atoms with Crippen molar-refractivity contribution in [1.29, 1.82) is 0 Å². The maximum Gasteiger partial charge on any atom is 0.255 e. The number of rotatable bonds is 2. The second-order valence-corrected chi connectivity index (χ2v) is 5.87. The van der Waals surface area contributed by atoms with Crippen molar-refractivity contribution in [3.05, 3.63) is 62.0 Å². The van der Waals surface area contributed by atoms with E-state index in [1.165, 1.54) is 30.3 Å². The van der Waals surface area contributed by atoms with E-state index in [0.717, 1.165) is 0 Å². The predicted molar refractivity (Wildman–Crippen MR) is 80.9 cm³/mol. The van der Waals surface area contributed by atoms with E-state index in [1.807, 2.05) is 0 Å². The lowest BCUT2D eigenvalue weighted by atomic mass is 10.1. The first-order valence-corrected chi connectivity index (χ1v) is 7.19. The molecule has 2 aromatic rings. The van der Waals surface area contributed by atoms with Gasteiger partial charge in [-0.25, -0.2) is 8.78 Å². The molecule has 0 spiro atoms. The van der Waals surface area contributed by atoms with E-state index >= 15 is 0 Å². The Morgan fingerprint density at radius 3 is 2.35 bits per heavy atom. The van der Waals surface area contributed by atoms with Crippen LogP contribution < -0.4 is 5.32 Å². The van der Waals surface area contributed by atoms with E-state index in [1.54, 1.807) is 6.92 Å². The highest BCUT2D eigenvalue weighted by Gasteiger charge is 2.12. The summed E-state index contributed by atoms with van der Waals surface area (Å²) in [5, 5.41) is 2.66. The van der Waals surface area contributed by atoms with Crippen molar-refractivity contribution >= 4 is 43.5 Å². The average Bonchev–Trinajstić information content (AvgIpc) is 2.39. The lowest BCUT2D eigenvalue weighted by Crippen LogP contribution is -2.13. The molecule has 0 saturated heterocycles. The van der Waals surface area contributed by atoms with Gasteiger partial charge in [0.15, 0.2) is 0 Å². The minimum atomic E-state index is -0.442. The standard InChI is InChI=1S/C14H9Br2F2NO/c1-7-4-12(18)10(16)6-13(7)19-14(20)8-2-3-11(17)9(15)5-8/h2-6H,1H3,(H,19,20). The molecule has 0 aliphatic carbocycles. The molecule has 1 amide bonds.